The molecule has 1 aliphatic rings. The molecule has 106 valence electrons. The second-order valence-electron chi connectivity index (χ2n) is 6.09. The zero-order chi connectivity index (χ0) is 13.8. The fourth-order valence-corrected chi connectivity index (χ4v) is 2.60. The van der Waals surface area contributed by atoms with Gasteiger partial charge < -0.3 is 10.0 Å². The number of unbranched alkanes of at least 4 members (excludes halogenated alkanes) is 1. The fourth-order valence-electron chi connectivity index (χ4n) is 2.60. The largest absolute Gasteiger partial charge is 0.481 e. The number of carboxylic acid groups (broad SMARTS) is 1. The smallest absolute Gasteiger partial charge is 0.304 e. The van der Waals surface area contributed by atoms with Crippen molar-refractivity contribution in [3.05, 3.63) is 0 Å². The monoisotopic (exact) mass is 256 g/mol. The van der Waals surface area contributed by atoms with E-state index in [0.717, 1.165) is 26.1 Å². The Kier molecular flexibility index (Phi) is 5.60. The molecule has 1 N–H and O–H groups in total. The topological polar surface area (TPSA) is 43.8 Å². The molecule has 0 radical (unpaired) electrons. The third kappa shape index (κ3) is 4.25. The summed E-state index contributed by atoms with van der Waals surface area (Å²) in [5.41, 5.74) is 0.177. The lowest BCUT2D eigenvalue weighted by Gasteiger charge is -2.38. The highest BCUT2D eigenvalue weighted by molar-refractivity contribution is 5.67. The van der Waals surface area contributed by atoms with Crippen LogP contribution in [0.1, 0.15) is 46.5 Å². The van der Waals surface area contributed by atoms with E-state index in [1.165, 1.54) is 12.8 Å². The molecule has 1 heterocycles. The van der Waals surface area contributed by atoms with E-state index in [2.05, 4.69) is 30.6 Å². The van der Waals surface area contributed by atoms with Crippen molar-refractivity contribution in [2.45, 2.75) is 58.0 Å². The molecule has 1 fully saturated rings. The predicted octanol–water partition coefficient (Wildman–Crippen LogP) is 2.05. The summed E-state index contributed by atoms with van der Waals surface area (Å²) in [5.74, 6) is -0.693. The van der Waals surface area contributed by atoms with Gasteiger partial charge in [0.2, 0.25) is 0 Å². The lowest BCUT2D eigenvalue weighted by molar-refractivity contribution is -0.138. The van der Waals surface area contributed by atoms with Crippen molar-refractivity contribution in [3.63, 3.8) is 0 Å². The molecule has 0 bridgehead atoms. The molecule has 0 aliphatic carbocycles. The van der Waals surface area contributed by atoms with Gasteiger partial charge in [0.25, 0.3) is 0 Å². The summed E-state index contributed by atoms with van der Waals surface area (Å²) in [4.78, 5) is 15.7. The van der Waals surface area contributed by atoms with Crippen LogP contribution in [-0.4, -0.2) is 59.1 Å². The maximum Gasteiger partial charge on any atom is 0.304 e. The van der Waals surface area contributed by atoms with Gasteiger partial charge in [-0.1, -0.05) is 13.3 Å². The molecular formula is C14H28N2O2. The minimum absolute atomic E-state index is 0.140. The number of nitrogens with zero attached hydrogens (tertiary/aromatic N) is 2. The van der Waals surface area contributed by atoms with E-state index in [0.29, 0.717) is 0 Å². The van der Waals surface area contributed by atoms with E-state index in [9.17, 15) is 4.79 Å². The third-order valence-corrected chi connectivity index (χ3v) is 4.18. The van der Waals surface area contributed by atoms with Crippen molar-refractivity contribution < 1.29 is 9.90 Å². The second kappa shape index (κ2) is 6.53. The molecule has 0 aromatic carbocycles. The van der Waals surface area contributed by atoms with Crippen LogP contribution in [0.15, 0.2) is 0 Å². The lowest BCUT2D eigenvalue weighted by atomic mass is 9.98. The van der Waals surface area contributed by atoms with E-state index < -0.39 is 5.97 Å². The molecule has 0 amide bonds. The molecule has 4 nitrogen and oxygen atoms in total. The van der Waals surface area contributed by atoms with Gasteiger partial charge in [0.05, 0.1) is 6.42 Å². The molecule has 4 heteroatoms. The summed E-state index contributed by atoms with van der Waals surface area (Å²) in [7, 11) is 2.05. The van der Waals surface area contributed by atoms with Crippen LogP contribution in [0.4, 0.5) is 0 Å². The summed E-state index contributed by atoms with van der Waals surface area (Å²) in [5, 5.41) is 9.02. The van der Waals surface area contributed by atoms with Crippen molar-refractivity contribution >= 4 is 5.97 Å². The van der Waals surface area contributed by atoms with Crippen LogP contribution in [0.3, 0.4) is 0 Å². The first-order valence-electron chi connectivity index (χ1n) is 7.04. The average Bonchev–Trinajstić information content (AvgIpc) is 2.37. The summed E-state index contributed by atoms with van der Waals surface area (Å²) in [6.45, 7) is 9.68. The number of carbonyl (C=O) groups is 1. The maximum atomic E-state index is 11.0. The first-order chi connectivity index (χ1) is 8.36. The van der Waals surface area contributed by atoms with E-state index in [1.807, 2.05) is 7.05 Å². The summed E-state index contributed by atoms with van der Waals surface area (Å²) in [6.07, 6.45) is 3.72. The van der Waals surface area contributed by atoms with E-state index in [-0.39, 0.29) is 18.0 Å². The second-order valence-corrected chi connectivity index (χ2v) is 6.09. The minimum atomic E-state index is -0.693. The van der Waals surface area contributed by atoms with Crippen molar-refractivity contribution in [1.29, 1.82) is 0 Å². The standard InChI is InChI=1S/C14H28N2O2/c1-5-6-8-16-11-12(10-13(17)18)15(4)9-7-14(16,2)3/h12H,5-11H2,1-4H3,(H,17,18). The van der Waals surface area contributed by atoms with Gasteiger partial charge in [-0.25, -0.2) is 0 Å². The average molecular weight is 256 g/mol. The number of hydrogen-bond acceptors (Lipinski definition) is 3. The summed E-state index contributed by atoms with van der Waals surface area (Å²) >= 11 is 0. The summed E-state index contributed by atoms with van der Waals surface area (Å²) < 4.78 is 0. The number of rotatable bonds is 5. The molecule has 1 aliphatic heterocycles. The Bertz CT molecular complexity index is 279. The van der Waals surface area contributed by atoms with Crippen LogP contribution in [-0.2, 0) is 4.79 Å². The highest BCUT2D eigenvalue weighted by atomic mass is 16.4. The molecule has 1 rings (SSSR count). The quantitative estimate of drug-likeness (QED) is 0.817. The van der Waals surface area contributed by atoms with Gasteiger partial charge in [0, 0.05) is 18.1 Å². The first kappa shape index (κ1) is 15.4. The molecule has 18 heavy (non-hydrogen) atoms. The van der Waals surface area contributed by atoms with Gasteiger partial charge >= 0.3 is 5.97 Å². The minimum Gasteiger partial charge on any atom is -0.481 e. The van der Waals surface area contributed by atoms with Crippen molar-refractivity contribution in [2.75, 3.05) is 26.7 Å². The Morgan fingerprint density at radius 2 is 2.11 bits per heavy atom. The van der Waals surface area contributed by atoms with Crippen molar-refractivity contribution in [3.8, 4) is 0 Å². The predicted molar refractivity (Wildman–Crippen MR) is 73.8 cm³/mol. The van der Waals surface area contributed by atoms with Crippen LogP contribution in [0.2, 0.25) is 0 Å². The van der Waals surface area contributed by atoms with Crippen LogP contribution in [0, 0.1) is 0 Å². The first-order valence-corrected chi connectivity index (χ1v) is 7.04. The zero-order valence-electron chi connectivity index (χ0n) is 12.3. The normalized spacial score (nSPS) is 25.9. The maximum absolute atomic E-state index is 11.0. The number of likely N-dealkylation sites (N-methyl/N-ethyl adjacent to an activating group) is 1. The van der Waals surface area contributed by atoms with Gasteiger partial charge in [-0.15, -0.1) is 0 Å². The lowest BCUT2D eigenvalue weighted by Crippen LogP contribution is -2.47. The van der Waals surface area contributed by atoms with Crippen LogP contribution in [0.5, 0.6) is 0 Å². The van der Waals surface area contributed by atoms with Crippen LogP contribution < -0.4 is 0 Å². The zero-order valence-corrected chi connectivity index (χ0v) is 12.3. The number of carboxylic acids is 1. The highest BCUT2D eigenvalue weighted by Crippen LogP contribution is 2.25. The third-order valence-electron chi connectivity index (χ3n) is 4.18. The Morgan fingerprint density at radius 1 is 1.44 bits per heavy atom. The van der Waals surface area contributed by atoms with E-state index in [4.69, 9.17) is 5.11 Å². The highest BCUT2D eigenvalue weighted by Gasteiger charge is 2.34. The molecule has 0 aromatic rings. The Labute approximate surface area is 111 Å². The van der Waals surface area contributed by atoms with Crippen LogP contribution >= 0.6 is 0 Å². The van der Waals surface area contributed by atoms with Gasteiger partial charge in [0.15, 0.2) is 0 Å². The molecule has 0 aromatic heterocycles. The van der Waals surface area contributed by atoms with E-state index >= 15 is 0 Å². The van der Waals surface area contributed by atoms with Crippen LogP contribution in [0.25, 0.3) is 0 Å². The Hall–Kier alpha value is -0.610. The molecular weight excluding hydrogens is 228 g/mol. The van der Waals surface area contributed by atoms with Gasteiger partial charge in [-0.3, -0.25) is 9.69 Å². The Balaban J connectivity index is 2.74. The Morgan fingerprint density at radius 3 is 2.67 bits per heavy atom. The number of aliphatic carboxylic acids is 1. The molecule has 1 unspecified atom stereocenters. The van der Waals surface area contributed by atoms with E-state index in [1.54, 1.807) is 0 Å². The molecule has 0 saturated carbocycles. The molecule has 0 spiro atoms. The molecule has 1 atom stereocenters. The van der Waals surface area contributed by atoms with Gasteiger partial charge in [0.1, 0.15) is 0 Å². The SMILES string of the molecule is CCCCN1CC(CC(=O)O)N(C)CCC1(C)C. The fraction of sp³-hybridized carbons (Fsp3) is 0.929. The molecule has 1 saturated heterocycles. The van der Waals surface area contributed by atoms with Crippen molar-refractivity contribution in [1.82, 2.24) is 9.80 Å². The number of hydrogen-bond donors (Lipinski definition) is 1. The van der Waals surface area contributed by atoms with Gasteiger partial charge in [-0.2, -0.15) is 0 Å². The van der Waals surface area contributed by atoms with Crippen molar-refractivity contribution in [2.24, 2.45) is 0 Å². The summed E-state index contributed by atoms with van der Waals surface area (Å²) in [6, 6.07) is 0.140. The van der Waals surface area contributed by atoms with Gasteiger partial charge in [-0.05, 0) is 46.8 Å².